The second-order valence-electron chi connectivity index (χ2n) is 4.21. The quantitative estimate of drug-likeness (QED) is 0.758. The number of carbonyl (C=O) groups is 1. The molecule has 1 aromatic rings. The Morgan fingerprint density at radius 1 is 1.24 bits per heavy atom. The van der Waals surface area contributed by atoms with E-state index in [1.165, 1.54) is 12.8 Å². The maximum absolute atomic E-state index is 12.0. The summed E-state index contributed by atoms with van der Waals surface area (Å²) in [4.78, 5) is 15.0. The van der Waals surface area contributed by atoms with Crippen LogP contribution in [0.2, 0.25) is 0 Å². The van der Waals surface area contributed by atoms with Crippen molar-refractivity contribution in [2.75, 3.05) is 13.1 Å². The van der Waals surface area contributed by atoms with Crippen LogP contribution in [0.25, 0.3) is 6.08 Å². The van der Waals surface area contributed by atoms with Gasteiger partial charge in [0.15, 0.2) is 0 Å². The monoisotopic (exact) mass is 313 g/mol. The SMILES string of the molecule is O=C(C=Cc1ccc(Br)s1)N1CCCCCC1. The molecule has 0 unspecified atom stereocenters. The van der Waals surface area contributed by atoms with Crippen LogP contribution >= 0.6 is 27.3 Å². The van der Waals surface area contributed by atoms with E-state index in [0.29, 0.717) is 0 Å². The zero-order chi connectivity index (χ0) is 12.1. The average molecular weight is 314 g/mol. The molecule has 0 N–H and O–H groups in total. The summed E-state index contributed by atoms with van der Waals surface area (Å²) >= 11 is 5.05. The maximum Gasteiger partial charge on any atom is 0.246 e. The van der Waals surface area contributed by atoms with E-state index in [-0.39, 0.29) is 5.91 Å². The highest BCUT2D eigenvalue weighted by molar-refractivity contribution is 9.11. The van der Waals surface area contributed by atoms with Gasteiger partial charge in [-0.05, 0) is 47.0 Å². The first kappa shape index (κ1) is 12.8. The molecule has 0 bridgehead atoms. The van der Waals surface area contributed by atoms with Gasteiger partial charge in [0.25, 0.3) is 0 Å². The van der Waals surface area contributed by atoms with E-state index in [4.69, 9.17) is 0 Å². The third-order valence-corrected chi connectivity index (χ3v) is 4.49. The van der Waals surface area contributed by atoms with Crippen molar-refractivity contribution in [1.29, 1.82) is 0 Å². The molecule has 1 aliphatic heterocycles. The molecule has 1 saturated heterocycles. The van der Waals surface area contributed by atoms with Crippen LogP contribution in [0.15, 0.2) is 22.0 Å². The van der Waals surface area contributed by atoms with E-state index in [1.807, 2.05) is 23.1 Å². The van der Waals surface area contributed by atoms with E-state index in [0.717, 1.165) is 34.6 Å². The van der Waals surface area contributed by atoms with Gasteiger partial charge >= 0.3 is 0 Å². The Morgan fingerprint density at radius 2 is 1.94 bits per heavy atom. The zero-order valence-electron chi connectivity index (χ0n) is 9.69. The predicted molar refractivity (Wildman–Crippen MR) is 76.1 cm³/mol. The molecular weight excluding hydrogens is 298 g/mol. The van der Waals surface area contributed by atoms with Crippen molar-refractivity contribution in [3.05, 3.63) is 26.9 Å². The summed E-state index contributed by atoms with van der Waals surface area (Å²) in [6, 6.07) is 4.02. The first-order valence-corrected chi connectivity index (χ1v) is 7.59. The molecule has 4 heteroatoms. The minimum absolute atomic E-state index is 0.149. The van der Waals surface area contributed by atoms with Gasteiger partial charge in [0.2, 0.25) is 5.91 Å². The van der Waals surface area contributed by atoms with E-state index >= 15 is 0 Å². The fourth-order valence-corrected chi connectivity index (χ4v) is 3.29. The van der Waals surface area contributed by atoms with Gasteiger partial charge in [-0.15, -0.1) is 11.3 Å². The molecule has 1 fully saturated rings. The second kappa shape index (κ2) is 6.36. The topological polar surface area (TPSA) is 20.3 Å². The molecule has 2 heterocycles. The molecule has 0 atom stereocenters. The number of rotatable bonds is 2. The van der Waals surface area contributed by atoms with Gasteiger partial charge in [-0.25, -0.2) is 0 Å². The van der Waals surface area contributed by atoms with Gasteiger partial charge in [-0.2, -0.15) is 0 Å². The molecule has 1 aliphatic rings. The first-order valence-electron chi connectivity index (χ1n) is 5.98. The van der Waals surface area contributed by atoms with Crippen LogP contribution in [0.4, 0.5) is 0 Å². The summed E-state index contributed by atoms with van der Waals surface area (Å²) in [6.45, 7) is 1.83. The molecule has 0 spiro atoms. The Kier molecular flexibility index (Phi) is 4.80. The van der Waals surface area contributed by atoms with Crippen LogP contribution < -0.4 is 0 Å². The molecule has 0 aromatic carbocycles. The largest absolute Gasteiger partial charge is 0.339 e. The number of hydrogen-bond donors (Lipinski definition) is 0. The Balaban J connectivity index is 1.93. The van der Waals surface area contributed by atoms with Gasteiger partial charge in [0, 0.05) is 24.0 Å². The van der Waals surface area contributed by atoms with Crippen molar-refractivity contribution >= 4 is 39.2 Å². The van der Waals surface area contributed by atoms with Gasteiger partial charge in [0.05, 0.1) is 3.79 Å². The van der Waals surface area contributed by atoms with Crippen LogP contribution in [-0.2, 0) is 4.79 Å². The fraction of sp³-hybridized carbons (Fsp3) is 0.462. The van der Waals surface area contributed by atoms with Crippen molar-refractivity contribution < 1.29 is 4.79 Å². The van der Waals surface area contributed by atoms with E-state index < -0.39 is 0 Å². The Bertz CT molecular complexity index is 405. The lowest BCUT2D eigenvalue weighted by Crippen LogP contribution is -2.30. The summed E-state index contributed by atoms with van der Waals surface area (Å²) in [5, 5.41) is 0. The Hall–Kier alpha value is -0.610. The second-order valence-corrected chi connectivity index (χ2v) is 6.71. The number of hydrogen-bond acceptors (Lipinski definition) is 2. The minimum atomic E-state index is 0.149. The maximum atomic E-state index is 12.0. The van der Waals surface area contributed by atoms with Crippen LogP contribution in [-0.4, -0.2) is 23.9 Å². The molecule has 1 amide bonds. The molecule has 0 saturated carbocycles. The van der Waals surface area contributed by atoms with Gasteiger partial charge in [0.1, 0.15) is 0 Å². The lowest BCUT2D eigenvalue weighted by atomic mass is 10.2. The lowest BCUT2D eigenvalue weighted by molar-refractivity contribution is -0.125. The minimum Gasteiger partial charge on any atom is -0.339 e. The predicted octanol–water partition coefficient (Wildman–Crippen LogP) is 3.93. The molecule has 2 rings (SSSR count). The summed E-state index contributed by atoms with van der Waals surface area (Å²) < 4.78 is 1.10. The third-order valence-electron chi connectivity index (χ3n) is 2.90. The average Bonchev–Trinajstić information content (AvgIpc) is 2.58. The summed E-state index contributed by atoms with van der Waals surface area (Å²) in [5.74, 6) is 0.149. The van der Waals surface area contributed by atoms with E-state index in [1.54, 1.807) is 17.4 Å². The molecular formula is C13H16BrNOS. The third kappa shape index (κ3) is 3.96. The number of amides is 1. The van der Waals surface area contributed by atoms with Crippen molar-refractivity contribution in [2.45, 2.75) is 25.7 Å². The van der Waals surface area contributed by atoms with Crippen molar-refractivity contribution in [3.8, 4) is 0 Å². The van der Waals surface area contributed by atoms with Crippen LogP contribution in [0, 0.1) is 0 Å². The molecule has 2 nitrogen and oxygen atoms in total. The summed E-state index contributed by atoms with van der Waals surface area (Å²) in [7, 11) is 0. The van der Waals surface area contributed by atoms with E-state index in [9.17, 15) is 4.79 Å². The van der Waals surface area contributed by atoms with Crippen molar-refractivity contribution in [1.82, 2.24) is 4.90 Å². The summed E-state index contributed by atoms with van der Waals surface area (Å²) in [6.07, 6.45) is 8.40. The fourth-order valence-electron chi connectivity index (χ4n) is 1.97. The first-order chi connectivity index (χ1) is 8.25. The number of nitrogens with zero attached hydrogens (tertiary/aromatic N) is 1. The number of halogens is 1. The van der Waals surface area contributed by atoms with Crippen molar-refractivity contribution in [2.24, 2.45) is 0 Å². The van der Waals surface area contributed by atoms with Gasteiger partial charge in [-0.3, -0.25) is 4.79 Å². The summed E-state index contributed by atoms with van der Waals surface area (Å²) in [5.41, 5.74) is 0. The smallest absolute Gasteiger partial charge is 0.246 e. The van der Waals surface area contributed by atoms with E-state index in [2.05, 4.69) is 15.9 Å². The lowest BCUT2D eigenvalue weighted by Gasteiger charge is -2.17. The van der Waals surface area contributed by atoms with Crippen molar-refractivity contribution in [3.63, 3.8) is 0 Å². The highest BCUT2D eigenvalue weighted by Gasteiger charge is 2.12. The van der Waals surface area contributed by atoms with Gasteiger partial charge < -0.3 is 4.90 Å². The highest BCUT2D eigenvalue weighted by atomic mass is 79.9. The Morgan fingerprint density at radius 3 is 2.53 bits per heavy atom. The number of carbonyl (C=O) groups excluding carboxylic acids is 1. The molecule has 1 aromatic heterocycles. The van der Waals surface area contributed by atoms with Crippen LogP contribution in [0.5, 0.6) is 0 Å². The zero-order valence-corrected chi connectivity index (χ0v) is 12.1. The van der Waals surface area contributed by atoms with Crippen LogP contribution in [0.1, 0.15) is 30.6 Å². The molecule has 0 radical (unpaired) electrons. The number of likely N-dealkylation sites (tertiary alicyclic amines) is 1. The Labute approximate surface area is 114 Å². The number of thiophene rings is 1. The van der Waals surface area contributed by atoms with Crippen LogP contribution in [0.3, 0.4) is 0 Å². The molecule has 17 heavy (non-hydrogen) atoms. The van der Waals surface area contributed by atoms with Gasteiger partial charge in [-0.1, -0.05) is 12.8 Å². The standard InChI is InChI=1S/C13H16BrNOS/c14-12-7-5-11(17-12)6-8-13(16)15-9-3-1-2-4-10-15/h5-8H,1-4,9-10H2. The highest BCUT2D eigenvalue weighted by Crippen LogP contribution is 2.23. The normalized spacial score (nSPS) is 17.4. The molecule has 0 aliphatic carbocycles. The molecule has 92 valence electrons.